The Labute approximate surface area is 101 Å². The van der Waals surface area contributed by atoms with E-state index in [1.54, 1.807) is 12.3 Å². The number of hydrogen-bond acceptors (Lipinski definition) is 5. The van der Waals surface area contributed by atoms with Crippen LogP contribution in [-0.2, 0) is 0 Å². The lowest BCUT2D eigenvalue weighted by molar-refractivity contribution is 0.322. The van der Waals surface area contributed by atoms with Crippen molar-refractivity contribution in [2.24, 2.45) is 5.16 Å². The summed E-state index contributed by atoms with van der Waals surface area (Å²) < 4.78 is 0.606. The molecule has 82 valence electrons. The van der Waals surface area contributed by atoms with E-state index in [2.05, 4.69) is 15.1 Å². The van der Waals surface area contributed by atoms with Gasteiger partial charge in [0.1, 0.15) is 0 Å². The molecule has 1 N–H and O–H groups in total. The van der Waals surface area contributed by atoms with Gasteiger partial charge in [-0.1, -0.05) is 16.8 Å². The summed E-state index contributed by atoms with van der Waals surface area (Å²) in [6.07, 6.45) is 3.01. The summed E-state index contributed by atoms with van der Waals surface area (Å²) in [7, 11) is 0. The summed E-state index contributed by atoms with van der Waals surface area (Å²) in [5.74, 6) is 0.590. The quantitative estimate of drug-likeness (QED) is 0.509. The van der Waals surface area contributed by atoms with Crippen molar-refractivity contribution in [1.29, 1.82) is 0 Å². The van der Waals surface area contributed by atoms with Gasteiger partial charge in [-0.3, -0.25) is 0 Å². The Hall–Kier alpha value is -1.46. The molecule has 0 radical (unpaired) electrons. The van der Waals surface area contributed by atoms with E-state index in [-0.39, 0.29) is 0 Å². The van der Waals surface area contributed by atoms with E-state index in [4.69, 9.17) is 16.8 Å². The molecule has 0 atom stereocenters. The highest BCUT2D eigenvalue weighted by Crippen LogP contribution is 2.32. The summed E-state index contributed by atoms with van der Waals surface area (Å²) in [4.78, 5) is 9.26. The monoisotopic (exact) mass is 253 g/mol. The van der Waals surface area contributed by atoms with Crippen LogP contribution in [0.25, 0.3) is 10.7 Å². The molecule has 2 aromatic rings. The highest BCUT2D eigenvalue weighted by molar-refractivity contribution is 7.19. The Morgan fingerprint density at radius 1 is 1.56 bits per heavy atom. The zero-order chi connectivity index (χ0) is 11.5. The smallest absolute Gasteiger partial charge is 0.170 e. The van der Waals surface area contributed by atoms with Gasteiger partial charge in [0.25, 0.3) is 0 Å². The van der Waals surface area contributed by atoms with E-state index in [1.807, 2.05) is 13.0 Å². The molecular formula is C10H8ClN3OS. The van der Waals surface area contributed by atoms with Gasteiger partial charge in [0.05, 0.1) is 15.4 Å². The van der Waals surface area contributed by atoms with Crippen LogP contribution in [0, 0.1) is 6.92 Å². The average molecular weight is 254 g/mol. The third-order valence-corrected chi connectivity index (χ3v) is 3.20. The van der Waals surface area contributed by atoms with E-state index in [0.717, 1.165) is 10.6 Å². The largest absolute Gasteiger partial charge is 0.411 e. The molecule has 2 aromatic heterocycles. The third-order valence-electron chi connectivity index (χ3n) is 1.93. The van der Waals surface area contributed by atoms with Gasteiger partial charge >= 0.3 is 0 Å². The van der Waals surface area contributed by atoms with Crippen molar-refractivity contribution in [3.05, 3.63) is 33.9 Å². The zero-order valence-corrected chi connectivity index (χ0v) is 9.96. The van der Waals surface area contributed by atoms with Crippen LogP contribution < -0.4 is 0 Å². The summed E-state index contributed by atoms with van der Waals surface area (Å²) >= 11 is 7.26. The molecule has 16 heavy (non-hydrogen) atoms. The molecule has 0 saturated heterocycles. The molecular weight excluding hydrogens is 246 g/mol. The Morgan fingerprint density at radius 2 is 2.38 bits per heavy atom. The van der Waals surface area contributed by atoms with E-state index in [1.165, 1.54) is 17.6 Å². The molecule has 0 aliphatic heterocycles. The number of rotatable bonds is 2. The van der Waals surface area contributed by atoms with Gasteiger partial charge in [0, 0.05) is 17.5 Å². The second kappa shape index (κ2) is 4.59. The Kier molecular flexibility index (Phi) is 3.17. The number of hydrogen-bond donors (Lipinski definition) is 1. The topological polar surface area (TPSA) is 58.4 Å². The lowest BCUT2D eigenvalue weighted by atomic mass is 10.2. The van der Waals surface area contributed by atoms with E-state index >= 15 is 0 Å². The van der Waals surface area contributed by atoms with Gasteiger partial charge in [-0.25, -0.2) is 9.97 Å². The molecule has 0 aliphatic rings. The highest BCUT2D eigenvalue weighted by Gasteiger charge is 2.11. The van der Waals surface area contributed by atoms with Gasteiger partial charge in [0.15, 0.2) is 5.82 Å². The Balaban J connectivity index is 2.54. The fourth-order valence-corrected chi connectivity index (χ4v) is 2.41. The molecule has 0 unspecified atom stereocenters. The van der Waals surface area contributed by atoms with Crippen LogP contribution in [0.3, 0.4) is 0 Å². The van der Waals surface area contributed by atoms with Gasteiger partial charge in [-0.2, -0.15) is 0 Å². The molecule has 0 aromatic carbocycles. The molecule has 2 rings (SSSR count). The van der Waals surface area contributed by atoms with Gasteiger partial charge < -0.3 is 5.21 Å². The standard InChI is InChI=1S/C10H8ClN3OS/c1-6-2-3-12-10(14-6)9-7(5-13-15)4-8(11)16-9/h2-5,15H,1H3/b13-5+. The predicted octanol–water partition coefficient (Wildman–Crippen LogP) is 2.98. The molecule has 2 heterocycles. The Morgan fingerprint density at radius 3 is 3.06 bits per heavy atom. The van der Waals surface area contributed by atoms with Crippen molar-refractivity contribution in [2.45, 2.75) is 6.92 Å². The number of aryl methyl sites for hydroxylation is 1. The van der Waals surface area contributed by atoms with Crippen molar-refractivity contribution in [1.82, 2.24) is 9.97 Å². The van der Waals surface area contributed by atoms with E-state index in [0.29, 0.717) is 15.7 Å². The van der Waals surface area contributed by atoms with Crippen LogP contribution in [0.1, 0.15) is 11.3 Å². The van der Waals surface area contributed by atoms with Gasteiger partial charge in [-0.05, 0) is 19.1 Å². The predicted molar refractivity (Wildman–Crippen MR) is 64.5 cm³/mol. The fraction of sp³-hybridized carbons (Fsp3) is 0.100. The van der Waals surface area contributed by atoms with Crippen LogP contribution in [0.4, 0.5) is 0 Å². The summed E-state index contributed by atoms with van der Waals surface area (Å²) in [6.45, 7) is 1.89. The van der Waals surface area contributed by atoms with Gasteiger partial charge in [0.2, 0.25) is 0 Å². The number of thiophene rings is 1. The van der Waals surface area contributed by atoms with Crippen LogP contribution >= 0.6 is 22.9 Å². The first-order valence-corrected chi connectivity index (χ1v) is 5.67. The van der Waals surface area contributed by atoms with Crippen molar-refractivity contribution in [2.75, 3.05) is 0 Å². The summed E-state index contributed by atoms with van der Waals surface area (Å²) in [5, 5.41) is 11.5. The summed E-state index contributed by atoms with van der Waals surface area (Å²) in [5.41, 5.74) is 1.59. The molecule has 6 heteroatoms. The van der Waals surface area contributed by atoms with Crippen LogP contribution in [0.15, 0.2) is 23.5 Å². The molecule has 0 saturated carbocycles. The summed E-state index contributed by atoms with van der Waals surface area (Å²) in [6, 6.07) is 3.53. The fourth-order valence-electron chi connectivity index (χ4n) is 1.26. The minimum atomic E-state index is 0.590. The first kappa shape index (κ1) is 11.0. The molecule has 0 fully saturated rings. The zero-order valence-electron chi connectivity index (χ0n) is 8.38. The molecule has 0 spiro atoms. The van der Waals surface area contributed by atoms with Gasteiger partial charge in [-0.15, -0.1) is 11.3 Å². The number of halogens is 1. The molecule has 0 bridgehead atoms. The average Bonchev–Trinajstić information content (AvgIpc) is 2.60. The van der Waals surface area contributed by atoms with E-state index < -0.39 is 0 Å². The molecule has 0 amide bonds. The number of aromatic nitrogens is 2. The maximum Gasteiger partial charge on any atom is 0.170 e. The van der Waals surface area contributed by atoms with Crippen molar-refractivity contribution < 1.29 is 5.21 Å². The second-order valence-electron chi connectivity index (χ2n) is 3.10. The lowest BCUT2D eigenvalue weighted by Crippen LogP contribution is -1.91. The maximum absolute atomic E-state index is 8.55. The maximum atomic E-state index is 8.55. The van der Waals surface area contributed by atoms with Crippen LogP contribution in [0.5, 0.6) is 0 Å². The first-order chi connectivity index (χ1) is 7.70. The Bertz CT molecular complexity index is 539. The number of oxime groups is 1. The number of nitrogens with zero attached hydrogens (tertiary/aromatic N) is 3. The SMILES string of the molecule is Cc1ccnc(-c2sc(Cl)cc2/C=N/O)n1. The van der Waals surface area contributed by atoms with E-state index in [9.17, 15) is 0 Å². The molecule has 4 nitrogen and oxygen atoms in total. The minimum Gasteiger partial charge on any atom is -0.411 e. The third kappa shape index (κ3) is 2.20. The van der Waals surface area contributed by atoms with Crippen molar-refractivity contribution >= 4 is 29.2 Å². The second-order valence-corrected chi connectivity index (χ2v) is 4.78. The minimum absolute atomic E-state index is 0.590. The normalized spacial score (nSPS) is 11.1. The first-order valence-electron chi connectivity index (χ1n) is 4.47. The highest BCUT2D eigenvalue weighted by atomic mass is 35.5. The van der Waals surface area contributed by atoms with Crippen LogP contribution in [0.2, 0.25) is 4.34 Å². The lowest BCUT2D eigenvalue weighted by Gasteiger charge is -1.98. The van der Waals surface area contributed by atoms with Crippen molar-refractivity contribution in [3.63, 3.8) is 0 Å². The van der Waals surface area contributed by atoms with Crippen LogP contribution in [-0.4, -0.2) is 21.4 Å². The molecule has 0 aliphatic carbocycles. The van der Waals surface area contributed by atoms with Crippen molar-refractivity contribution in [3.8, 4) is 10.7 Å².